The third-order valence-corrected chi connectivity index (χ3v) is 3.23. The van der Waals surface area contributed by atoms with Crippen molar-refractivity contribution in [1.82, 2.24) is 4.90 Å². The van der Waals surface area contributed by atoms with E-state index in [1.165, 1.54) is 6.92 Å². The Bertz CT molecular complexity index is 487. The van der Waals surface area contributed by atoms with Gasteiger partial charge in [0, 0.05) is 30.4 Å². The van der Waals surface area contributed by atoms with Crippen LogP contribution in [0.4, 0.5) is 5.69 Å². The van der Waals surface area contributed by atoms with Gasteiger partial charge in [0.15, 0.2) is 5.78 Å². The van der Waals surface area contributed by atoms with Crippen LogP contribution >= 0.6 is 0 Å². The highest BCUT2D eigenvalue weighted by Gasteiger charge is 2.20. The molecule has 2 rings (SSSR count). The molecule has 0 saturated carbocycles. The maximum absolute atomic E-state index is 11.9. The lowest BCUT2D eigenvalue weighted by molar-refractivity contribution is -0.117. The Kier molecular flexibility index (Phi) is 4.29. The van der Waals surface area contributed by atoms with Gasteiger partial charge in [-0.3, -0.25) is 14.5 Å². The van der Waals surface area contributed by atoms with E-state index in [0.29, 0.717) is 17.8 Å². The SMILES string of the molecule is CC(=O)c1cccc(NC(=O)CN2CC[C@H](N)C2)c1. The first-order valence-corrected chi connectivity index (χ1v) is 6.43. The van der Waals surface area contributed by atoms with Crippen LogP contribution in [0.3, 0.4) is 0 Å². The molecule has 1 fully saturated rings. The number of Topliss-reactive ketones (excluding diaryl/α,β-unsaturated/α-hetero) is 1. The minimum Gasteiger partial charge on any atom is -0.326 e. The molecule has 0 bridgehead atoms. The summed E-state index contributed by atoms with van der Waals surface area (Å²) in [5, 5.41) is 2.81. The van der Waals surface area contributed by atoms with Crippen LogP contribution in [0, 0.1) is 0 Å². The Balaban J connectivity index is 1.91. The van der Waals surface area contributed by atoms with Crippen LogP contribution < -0.4 is 11.1 Å². The van der Waals surface area contributed by atoms with Crippen LogP contribution in [0.25, 0.3) is 0 Å². The molecular formula is C14H19N3O2. The highest BCUT2D eigenvalue weighted by Crippen LogP contribution is 2.12. The minimum absolute atomic E-state index is 0.0124. The molecule has 1 amide bonds. The van der Waals surface area contributed by atoms with Gasteiger partial charge in [-0.1, -0.05) is 12.1 Å². The van der Waals surface area contributed by atoms with Gasteiger partial charge in [-0.05, 0) is 25.5 Å². The summed E-state index contributed by atoms with van der Waals surface area (Å²) in [6, 6.07) is 7.14. The molecule has 1 aromatic carbocycles. The number of benzene rings is 1. The zero-order chi connectivity index (χ0) is 13.8. The van der Waals surface area contributed by atoms with Crippen molar-refractivity contribution in [2.45, 2.75) is 19.4 Å². The average molecular weight is 261 g/mol. The quantitative estimate of drug-likeness (QED) is 0.788. The van der Waals surface area contributed by atoms with Gasteiger partial charge in [-0.2, -0.15) is 0 Å². The molecule has 5 nitrogen and oxygen atoms in total. The van der Waals surface area contributed by atoms with Gasteiger partial charge in [-0.25, -0.2) is 0 Å². The van der Waals surface area contributed by atoms with E-state index in [4.69, 9.17) is 5.73 Å². The van der Waals surface area contributed by atoms with E-state index < -0.39 is 0 Å². The van der Waals surface area contributed by atoms with E-state index in [1.54, 1.807) is 24.3 Å². The molecule has 0 aliphatic carbocycles. The minimum atomic E-state index is -0.0743. The van der Waals surface area contributed by atoms with Crippen molar-refractivity contribution >= 4 is 17.4 Å². The molecule has 1 aliphatic rings. The highest BCUT2D eigenvalue weighted by molar-refractivity contribution is 5.97. The predicted molar refractivity (Wildman–Crippen MR) is 74.1 cm³/mol. The molecule has 1 saturated heterocycles. The summed E-state index contributed by atoms with van der Waals surface area (Å²) in [6.45, 7) is 3.48. The second-order valence-electron chi connectivity index (χ2n) is 4.97. The topological polar surface area (TPSA) is 75.4 Å². The molecule has 0 radical (unpaired) electrons. The Labute approximate surface area is 112 Å². The maximum Gasteiger partial charge on any atom is 0.238 e. The van der Waals surface area contributed by atoms with Gasteiger partial charge in [0.1, 0.15) is 0 Å². The summed E-state index contributed by atoms with van der Waals surface area (Å²) < 4.78 is 0. The zero-order valence-electron chi connectivity index (χ0n) is 11.1. The van der Waals surface area contributed by atoms with Gasteiger partial charge in [0.25, 0.3) is 0 Å². The predicted octanol–water partition coefficient (Wildman–Crippen LogP) is 0.861. The fourth-order valence-corrected chi connectivity index (χ4v) is 2.23. The first-order valence-electron chi connectivity index (χ1n) is 6.43. The standard InChI is InChI=1S/C14H19N3O2/c1-10(18)11-3-2-4-13(7-11)16-14(19)9-17-6-5-12(15)8-17/h2-4,7,12H,5-6,8-9,15H2,1H3,(H,16,19)/t12-/m0/s1. The van der Waals surface area contributed by atoms with Crippen LogP contribution in [0.1, 0.15) is 23.7 Å². The fourth-order valence-electron chi connectivity index (χ4n) is 2.23. The fraction of sp³-hybridized carbons (Fsp3) is 0.429. The molecule has 1 aliphatic heterocycles. The number of anilines is 1. The monoisotopic (exact) mass is 261 g/mol. The third-order valence-electron chi connectivity index (χ3n) is 3.23. The molecule has 0 spiro atoms. The van der Waals surface area contributed by atoms with Gasteiger partial charge >= 0.3 is 0 Å². The number of hydrogen-bond acceptors (Lipinski definition) is 4. The lowest BCUT2D eigenvalue weighted by Gasteiger charge is -2.14. The molecule has 0 unspecified atom stereocenters. The van der Waals surface area contributed by atoms with E-state index >= 15 is 0 Å². The number of nitrogens with one attached hydrogen (secondary N) is 1. The zero-order valence-corrected chi connectivity index (χ0v) is 11.1. The van der Waals surface area contributed by atoms with E-state index in [0.717, 1.165) is 19.5 Å². The van der Waals surface area contributed by atoms with Crippen molar-refractivity contribution in [3.8, 4) is 0 Å². The van der Waals surface area contributed by atoms with Crippen molar-refractivity contribution in [3.63, 3.8) is 0 Å². The van der Waals surface area contributed by atoms with E-state index in [9.17, 15) is 9.59 Å². The Hall–Kier alpha value is -1.72. The number of amides is 1. The van der Waals surface area contributed by atoms with E-state index in [-0.39, 0.29) is 17.7 Å². The lowest BCUT2D eigenvalue weighted by Crippen LogP contribution is -2.33. The van der Waals surface area contributed by atoms with Gasteiger partial charge in [0.2, 0.25) is 5.91 Å². The summed E-state index contributed by atoms with van der Waals surface area (Å²) >= 11 is 0. The Morgan fingerprint density at radius 1 is 1.47 bits per heavy atom. The molecular weight excluding hydrogens is 242 g/mol. The van der Waals surface area contributed by atoms with E-state index in [1.807, 2.05) is 4.90 Å². The number of hydrogen-bond donors (Lipinski definition) is 2. The lowest BCUT2D eigenvalue weighted by atomic mass is 10.1. The average Bonchev–Trinajstić information content (AvgIpc) is 2.74. The van der Waals surface area contributed by atoms with Crippen LogP contribution in [0.15, 0.2) is 24.3 Å². The molecule has 5 heteroatoms. The molecule has 102 valence electrons. The Morgan fingerprint density at radius 2 is 2.26 bits per heavy atom. The van der Waals surface area contributed by atoms with Crippen LogP contribution in [0.5, 0.6) is 0 Å². The Morgan fingerprint density at radius 3 is 2.89 bits per heavy atom. The molecule has 3 N–H and O–H groups in total. The summed E-state index contributed by atoms with van der Waals surface area (Å²) in [7, 11) is 0. The summed E-state index contributed by atoms with van der Waals surface area (Å²) in [4.78, 5) is 25.2. The van der Waals surface area contributed by atoms with Crippen molar-refractivity contribution in [1.29, 1.82) is 0 Å². The van der Waals surface area contributed by atoms with Crippen LogP contribution in [-0.4, -0.2) is 42.3 Å². The number of nitrogens with two attached hydrogens (primary N) is 1. The summed E-state index contributed by atoms with van der Waals surface area (Å²) in [5.41, 5.74) is 7.05. The van der Waals surface area contributed by atoms with E-state index in [2.05, 4.69) is 5.32 Å². The number of ketones is 1. The summed E-state index contributed by atoms with van der Waals surface area (Å²) in [6.07, 6.45) is 0.938. The first kappa shape index (κ1) is 13.7. The third kappa shape index (κ3) is 3.87. The molecule has 1 heterocycles. The van der Waals surface area contributed by atoms with Gasteiger partial charge in [-0.15, -0.1) is 0 Å². The maximum atomic E-state index is 11.9. The molecule has 1 atom stereocenters. The normalized spacial score (nSPS) is 19.4. The molecule has 0 aromatic heterocycles. The second kappa shape index (κ2) is 5.95. The van der Waals surface area contributed by atoms with Crippen molar-refractivity contribution < 1.29 is 9.59 Å². The van der Waals surface area contributed by atoms with Crippen LogP contribution in [-0.2, 0) is 4.79 Å². The van der Waals surface area contributed by atoms with Crippen molar-refractivity contribution in [3.05, 3.63) is 29.8 Å². The first-order chi connectivity index (χ1) is 9.04. The van der Waals surface area contributed by atoms with Gasteiger partial charge in [0.05, 0.1) is 6.54 Å². The largest absolute Gasteiger partial charge is 0.326 e. The number of rotatable bonds is 4. The number of likely N-dealkylation sites (tertiary alicyclic amines) is 1. The number of nitrogens with zero attached hydrogens (tertiary/aromatic N) is 1. The smallest absolute Gasteiger partial charge is 0.238 e. The van der Waals surface area contributed by atoms with Crippen molar-refractivity contribution in [2.24, 2.45) is 5.73 Å². The van der Waals surface area contributed by atoms with Gasteiger partial charge < -0.3 is 11.1 Å². The highest BCUT2D eigenvalue weighted by atomic mass is 16.2. The molecule has 1 aromatic rings. The number of carbonyl (C=O) groups excluding carboxylic acids is 2. The summed E-state index contributed by atoms with van der Waals surface area (Å²) in [5.74, 6) is -0.0867. The second-order valence-corrected chi connectivity index (χ2v) is 4.97. The molecule has 19 heavy (non-hydrogen) atoms. The van der Waals surface area contributed by atoms with Crippen molar-refractivity contribution in [2.75, 3.05) is 25.0 Å². The number of carbonyl (C=O) groups is 2. The van der Waals surface area contributed by atoms with Crippen LogP contribution in [0.2, 0.25) is 0 Å².